The molecule has 1 aromatic carbocycles. The van der Waals surface area contributed by atoms with Gasteiger partial charge in [-0.25, -0.2) is 0 Å². The van der Waals surface area contributed by atoms with Gasteiger partial charge in [-0.15, -0.1) is 23.2 Å². The third-order valence-corrected chi connectivity index (χ3v) is 2.68. The minimum atomic E-state index is -1.11. The minimum absolute atomic E-state index is 0.694. The molecule has 0 heterocycles. The van der Waals surface area contributed by atoms with Crippen molar-refractivity contribution in [2.45, 2.75) is 10.8 Å². The van der Waals surface area contributed by atoms with Crippen LogP contribution in [0, 0.1) is 0 Å². The maximum Gasteiger partial charge on any atom is 0.323 e. The number of hydrogen-bond donors (Lipinski definition) is 1. The number of hydrogen-bond acceptors (Lipinski definition) is 1. The molecule has 13 heavy (non-hydrogen) atoms. The molecule has 2 nitrogen and oxygen atoms in total. The summed E-state index contributed by atoms with van der Waals surface area (Å²) in [5, 5.41) is 6.81. The Morgan fingerprint density at radius 3 is 2.23 bits per heavy atom. The SMILES string of the molecule is O=C(O)[C@H](Cl)[C@H](Cl)c1ccccc1. The zero-order valence-electron chi connectivity index (χ0n) is 6.65. The molecule has 0 saturated carbocycles. The number of rotatable bonds is 3. The summed E-state index contributed by atoms with van der Waals surface area (Å²) in [4.78, 5) is 10.5. The number of alkyl halides is 2. The van der Waals surface area contributed by atoms with Gasteiger partial charge in [0.25, 0.3) is 0 Å². The van der Waals surface area contributed by atoms with Crippen molar-refractivity contribution >= 4 is 29.2 Å². The van der Waals surface area contributed by atoms with E-state index in [-0.39, 0.29) is 0 Å². The molecular formula is C9H8Cl2O2. The molecule has 1 rings (SSSR count). The molecule has 4 heteroatoms. The summed E-state index contributed by atoms with van der Waals surface area (Å²) in [7, 11) is 0. The number of aliphatic carboxylic acids is 1. The Kier molecular flexibility index (Phi) is 3.58. The highest BCUT2D eigenvalue weighted by molar-refractivity contribution is 6.36. The number of carboxylic acids is 1. The van der Waals surface area contributed by atoms with Gasteiger partial charge in [-0.1, -0.05) is 30.3 Å². The van der Waals surface area contributed by atoms with E-state index in [1.807, 2.05) is 6.07 Å². The first-order valence-electron chi connectivity index (χ1n) is 3.69. The highest BCUT2D eigenvalue weighted by Crippen LogP contribution is 2.27. The summed E-state index contributed by atoms with van der Waals surface area (Å²) in [6, 6.07) is 8.90. The van der Waals surface area contributed by atoms with Crippen molar-refractivity contribution < 1.29 is 9.90 Å². The Labute approximate surface area is 86.1 Å². The van der Waals surface area contributed by atoms with Crippen molar-refractivity contribution in [3.05, 3.63) is 35.9 Å². The van der Waals surface area contributed by atoms with Crippen molar-refractivity contribution in [2.75, 3.05) is 0 Å². The normalized spacial score (nSPS) is 14.9. The van der Waals surface area contributed by atoms with Gasteiger partial charge in [0.1, 0.15) is 0 Å². The van der Waals surface area contributed by atoms with E-state index >= 15 is 0 Å². The van der Waals surface area contributed by atoms with Crippen LogP contribution in [0.5, 0.6) is 0 Å². The number of halogens is 2. The minimum Gasteiger partial charge on any atom is -0.480 e. The molecule has 0 unspecified atom stereocenters. The van der Waals surface area contributed by atoms with E-state index in [9.17, 15) is 4.79 Å². The Morgan fingerprint density at radius 1 is 1.23 bits per heavy atom. The maximum absolute atomic E-state index is 10.5. The summed E-state index contributed by atoms with van der Waals surface area (Å²) in [5.74, 6) is -1.11. The lowest BCUT2D eigenvalue weighted by Gasteiger charge is -2.11. The van der Waals surface area contributed by atoms with Gasteiger partial charge < -0.3 is 5.11 Å². The van der Waals surface area contributed by atoms with Gasteiger partial charge in [0.15, 0.2) is 5.38 Å². The van der Waals surface area contributed by atoms with Gasteiger partial charge in [0, 0.05) is 0 Å². The molecule has 0 aromatic heterocycles. The Morgan fingerprint density at radius 2 is 1.77 bits per heavy atom. The fraction of sp³-hybridized carbons (Fsp3) is 0.222. The summed E-state index contributed by atoms with van der Waals surface area (Å²) in [6.45, 7) is 0. The van der Waals surface area contributed by atoms with Gasteiger partial charge in [0.2, 0.25) is 0 Å². The Balaban J connectivity index is 2.79. The van der Waals surface area contributed by atoms with E-state index < -0.39 is 16.7 Å². The van der Waals surface area contributed by atoms with Gasteiger partial charge in [-0.2, -0.15) is 0 Å². The van der Waals surface area contributed by atoms with Crippen LogP contribution in [0.1, 0.15) is 10.9 Å². The molecule has 1 N–H and O–H groups in total. The predicted octanol–water partition coefficient (Wildman–Crippen LogP) is 2.66. The van der Waals surface area contributed by atoms with E-state index in [1.54, 1.807) is 24.3 Å². The van der Waals surface area contributed by atoms with Crippen LogP contribution in [0.3, 0.4) is 0 Å². The molecule has 0 fully saturated rings. The summed E-state index contributed by atoms with van der Waals surface area (Å²) < 4.78 is 0. The van der Waals surface area contributed by atoms with Crippen LogP contribution in [-0.4, -0.2) is 16.5 Å². The van der Waals surface area contributed by atoms with Crippen LogP contribution >= 0.6 is 23.2 Å². The predicted molar refractivity (Wildman–Crippen MR) is 52.3 cm³/mol. The molecule has 70 valence electrons. The first-order valence-corrected chi connectivity index (χ1v) is 4.56. The lowest BCUT2D eigenvalue weighted by Crippen LogP contribution is -2.18. The van der Waals surface area contributed by atoms with Crippen molar-refractivity contribution in [1.29, 1.82) is 0 Å². The number of carbonyl (C=O) groups is 1. The molecule has 0 saturated heterocycles. The quantitative estimate of drug-likeness (QED) is 0.793. The van der Waals surface area contributed by atoms with Gasteiger partial charge in [-0.3, -0.25) is 4.79 Å². The van der Waals surface area contributed by atoms with Crippen molar-refractivity contribution in [3.63, 3.8) is 0 Å². The lowest BCUT2D eigenvalue weighted by molar-refractivity contribution is -0.136. The van der Waals surface area contributed by atoms with E-state index in [1.165, 1.54) is 0 Å². The molecule has 0 spiro atoms. The van der Waals surface area contributed by atoms with Crippen molar-refractivity contribution in [2.24, 2.45) is 0 Å². The second kappa shape index (κ2) is 4.49. The molecule has 0 aliphatic rings. The van der Waals surface area contributed by atoms with Gasteiger partial charge in [0.05, 0.1) is 5.38 Å². The average Bonchev–Trinajstić information content (AvgIpc) is 2.17. The molecular weight excluding hydrogens is 211 g/mol. The van der Waals surface area contributed by atoms with Crippen LogP contribution in [-0.2, 0) is 4.79 Å². The number of benzene rings is 1. The molecule has 0 aliphatic heterocycles. The van der Waals surface area contributed by atoms with E-state index in [0.29, 0.717) is 5.56 Å². The summed E-state index contributed by atoms with van der Waals surface area (Å²) >= 11 is 11.4. The smallest absolute Gasteiger partial charge is 0.323 e. The highest BCUT2D eigenvalue weighted by Gasteiger charge is 2.24. The molecule has 0 bridgehead atoms. The molecule has 2 atom stereocenters. The lowest BCUT2D eigenvalue weighted by atomic mass is 10.1. The average molecular weight is 219 g/mol. The molecule has 1 aromatic rings. The fourth-order valence-corrected chi connectivity index (χ4v) is 1.33. The third kappa shape index (κ3) is 2.61. The van der Waals surface area contributed by atoms with E-state index in [4.69, 9.17) is 28.3 Å². The van der Waals surface area contributed by atoms with Gasteiger partial charge in [-0.05, 0) is 5.56 Å². The zero-order valence-corrected chi connectivity index (χ0v) is 8.16. The van der Waals surface area contributed by atoms with E-state index in [0.717, 1.165) is 0 Å². The van der Waals surface area contributed by atoms with Crippen LogP contribution < -0.4 is 0 Å². The first-order chi connectivity index (χ1) is 6.13. The molecule has 0 aliphatic carbocycles. The Hall–Kier alpha value is -0.730. The van der Waals surface area contributed by atoms with Crippen molar-refractivity contribution in [1.82, 2.24) is 0 Å². The zero-order chi connectivity index (χ0) is 9.84. The monoisotopic (exact) mass is 218 g/mol. The number of carboxylic acid groups (broad SMARTS) is 1. The second-order valence-corrected chi connectivity index (χ2v) is 3.49. The first kappa shape index (κ1) is 10.4. The third-order valence-electron chi connectivity index (χ3n) is 1.61. The largest absolute Gasteiger partial charge is 0.480 e. The molecule has 0 radical (unpaired) electrons. The van der Waals surface area contributed by atoms with Crippen LogP contribution in [0.2, 0.25) is 0 Å². The summed E-state index contributed by atoms with van der Waals surface area (Å²) in [5.41, 5.74) is 0.714. The second-order valence-electron chi connectivity index (χ2n) is 2.55. The van der Waals surface area contributed by atoms with E-state index in [2.05, 4.69) is 0 Å². The van der Waals surface area contributed by atoms with Crippen molar-refractivity contribution in [3.8, 4) is 0 Å². The van der Waals surface area contributed by atoms with Gasteiger partial charge >= 0.3 is 5.97 Å². The standard InChI is InChI=1S/C9H8Cl2O2/c10-7(8(11)9(12)13)6-4-2-1-3-5-6/h1-5,7-8H,(H,12,13)/t7-,8-/m1/s1. The van der Waals surface area contributed by atoms with Crippen LogP contribution in [0.15, 0.2) is 30.3 Å². The molecule has 0 amide bonds. The Bertz CT molecular complexity index is 287. The maximum atomic E-state index is 10.5. The highest BCUT2D eigenvalue weighted by atomic mass is 35.5. The summed E-state index contributed by atoms with van der Waals surface area (Å²) in [6.07, 6.45) is 0. The van der Waals surface area contributed by atoms with Crippen LogP contribution in [0.25, 0.3) is 0 Å². The topological polar surface area (TPSA) is 37.3 Å². The fourth-order valence-electron chi connectivity index (χ4n) is 0.931. The van der Waals surface area contributed by atoms with Crippen LogP contribution in [0.4, 0.5) is 0 Å².